The number of nitrogens with zero attached hydrogens (tertiary/aromatic N) is 2. The van der Waals surface area contributed by atoms with E-state index in [1.54, 1.807) is 4.90 Å². The van der Waals surface area contributed by atoms with Gasteiger partial charge in [-0.2, -0.15) is 0 Å². The van der Waals surface area contributed by atoms with E-state index in [4.69, 9.17) is 18.9 Å². The number of alkyl carbamates (subject to hydrolysis) is 1. The van der Waals surface area contributed by atoms with E-state index in [0.29, 0.717) is 58.3 Å². The first-order valence-corrected chi connectivity index (χ1v) is 15.2. The number of rotatable bonds is 8. The van der Waals surface area contributed by atoms with Crippen molar-refractivity contribution in [3.8, 4) is 0 Å². The van der Waals surface area contributed by atoms with Crippen LogP contribution < -0.4 is 5.32 Å². The molecule has 1 saturated carbocycles. The van der Waals surface area contributed by atoms with Crippen LogP contribution in [0.5, 0.6) is 0 Å². The van der Waals surface area contributed by atoms with Gasteiger partial charge in [-0.25, -0.2) is 9.59 Å². The molecule has 234 valence electrons. The third-order valence-electron chi connectivity index (χ3n) is 8.16. The average Bonchev–Trinajstić information content (AvgIpc) is 2.99. The molecule has 0 spiro atoms. The van der Waals surface area contributed by atoms with Gasteiger partial charge in [-0.15, -0.1) is 0 Å². The number of hydrogen-bond donors (Lipinski definition) is 2. The first-order chi connectivity index (χ1) is 20.1. The smallest absolute Gasteiger partial charge is 0.410 e. The fraction of sp³-hybridized carbons (Fsp3) is 0.710. The fourth-order valence-electron chi connectivity index (χ4n) is 5.83. The average molecular weight is 590 g/mol. The topological polar surface area (TPSA) is 127 Å². The molecule has 11 heteroatoms. The predicted molar refractivity (Wildman–Crippen MR) is 155 cm³/mol. The van der Waals surface area contributed by atoms with Gasteiger partial charge >= 0.3 is 12.2 Å². The van der Waals surface area contributed by atoms with Gasteiger partial charge in [0.15, 0.2) is 0 Å². The molecule has 2 heterocycles. The van der Waals surface area contributed by atoms with Gasteiger partial charge in [-0.05, 0) is 57.9 Å². The molecular formula is C31H47N3O8. The molecule has 2 aliphatic heterocycles. The highest BCUT2D eigenvalue weighted by molar-refractivity contribution is 5.79. The van der Waals surface area contributed by atoms with Crippen molar-refractivity contribution in [2.75, 3.05) is 45.9 Å². The largest absolute Gasteiger partial charge is 0.444 e. The highest BCUT2D eigenvalue weighted by atomic mass is 16.6. The molecule has 3 aliphatic rings. The minimum absolute atomic E-state index is 0.0264. The number of aliphatic hydroxyl groups is 1. The lowest BCUT2D eigenvalue weighted by molar-refractivity contribution is -0.177. The van der Waals surface area contributed by atoms with Crippen LogP contribution in [-0.2, 0) is 30.3 Å². The third-order valence-corrected chi connectivity index (χ3v) is 8.16. The zero-order valence-electron chi connectivity index (χ0n) is 25.2. The molecule has 1 aliphatic carbocycles. The van der Waals surface area contributed by atoms with Crippen molar-refractivity contribution in [1.29, 1.82) is 0 Å². The van der Waals surface area contributed by atoms with Gasteiger partial charge in [0.1, 0.15) is 23.9 Å². The summed E-state index contributed by atoms with van der Waals surface area (Å²) in [5.74, 6) is 0.455. The summed E-state index contributed by atoms with van der Waals surface area (Å²) in [5, 5.41) is 12.7. The predicted octanol–water partition coefficient (Wildman–Crippen LogP) is 3.33. The van der Waals surface area contributed by atoms with Crippen molar-refractivity contribution in [3.05, 3.63) is 35.9 Å². The van der Waals surface area contributed by atoms with E-state index in [0.717, 1.165) is 31.2 Å². The number of ether oxygens (including phenoxy) is 4. The van der Waals surface area contributed by atoms with Crippen molar-refractivity contribution in [1.82, 2.24) is 15.1 Å². The Hall–Kier alpha value is -2.89. The summed E-state index contributed by atoms with van der Waals surface area (Å²) in [4.78, 5) is 41.7. The first kappa shape index (κ1) is 32.0. The Morgan fingerprint density at radius 3 is 2.29 bits per heavy atom. The number of aliphatic hydroxyl groups excluding tert-OH is 1. The molecule has 3 amide bonds. The maximum absolute atomic E-state index is 13.2. The third kappa shape index (κ3) is 9.31. The lowest BCUT2D eigenvalue weighted by Crippen LogP contribution is -2.55. The Morgan fingerprint density at radius 1 is 0.976 bits per heavy atom. The first-order valence-electron chi connectivity index (χ1n) is 15.2. The summed E-state index contributed by atoms with van der Waals surface area (Å²) < 4.78 is 23.0. The maximum Gasteiger partial charge on any atom is 0.410 e. The lowest BCUT2D eigenvalue weighted by atomic mass is 9.81. The number of carbonyl (C=O) groups is 3. The highest BCUT2D eigenvalue weighted by Gasteiger charge is 2.39. The van der Waals surface area contributed by atoms with Gasteiger partial charge in [0, 0.05) is 45.1 Å². The van der Waals surface area contributed by atoms with Gasteiger partial charge in [-0.1, -0.05) is 30.3 Å². The van der Waals surface area contributed by atoms with Crippen LogP contribution in [0.1, 0.15) is 58.4 Å². The molecule has 4 rings (SSSR count). The molecule has 1 aromatic carbocycles. The second kappa shape index (κ2) is 15.0. The highest BCUT2D eigenvalue weighted by Crippen LogP contribution is 2.30. The molecule has 42 heavy (non-hydrogen) atoms. The number of carbonyl (C=O) groups excluding carboxylic acids is 3. The number of nitrogens with one attached hydrogen (secondary N) is 1. The summed E-state index contributed by atoms with van der Waals surface area (Å²) >= 11 is 0. The van der Waals surface area contributed by atoms with Crippen LogP contribution in [0.3, 0.4) is 0 Å². The van der Waals surface area contributed by atoms with E-state index >= 15 is 0 Å². The van der Waals surface area contributed by atoms with Crippen LogP contribution in [-0.4, -0.2) is 103 Å². The number of benzene rings is 1. The van der Waals surface area contributed by atoms with E-state index in [1.165, 1.54) is 0 Å². The summed E-state index contributed by atoms with van der Waals surface area (Å²) in [7, 11) is 0. The molecule has 1 aromatic rings. The second-order valence-electron chi connectivity index (χ2n) is 12.5. The Balaban J connectivity index is 1.19. The monoisotopic (exact) mass is 589 g/mol. The molecule has 0 radical (unpaired) electrons. The van der Waals surface area contributed by atoms with Gasteiger partial charge in [-0.3, -0.25) is 4.79 Å². The van der Waals surface area contributed by atoms with E-state index in [1.807, 2.05) is 56.0 Å². The van der Waals surface area contributed by atoms with Crippen LogP contribution in [0.25, 0.3) is 0 Å². The summed E-state index contributed by atoms with van der Waals surface area (Å²) in [5.41, 5.74) is 0.457. The van der Waals surface area contributed by atoms with Crippen LogP contribution in [0.15, 0.2) is 30.3 Å². The minimum atomic E-state index is -0.578. The molecule has 2 saturated heterocycles. The molecule has 0 aromatic heterocycles. The van der Waals surface area contributed by atoms with Crippen molar-refractivity contribution in [3.63, 3.8) is 0 Å². The van der Waals surface area contributed by atoms with Crippen molar-refractivity contribution in [2.45, 2.75) is 83.4 Å². The normalized spacial score (nSPS) is 26.8. The SMILES string of the molecule is CC(C)(C)OC(=O)NCC1CCC(C(=O)N2CCN(C(=O)OC3CCOC(CO)[C@H]3OCc3ccccc3)CC2)CC1. The van der Waals surface area contributed by atoms with E-state index in [-0.39, 0.29) is 18.4 Å². The number of hydrogen-bond acceptors (Lipinski definition) is 8. The van der Waals surface area contributed by atoms with Gasteiger partial charge in [0.05, 0.1) is 19.8 Å². The quantitative estimate of drug-likeness (QED) is 0.473. The standard InChI is InChI=1S/C31H47N3O8/c1-31(2,3)42-29(37)32-19-22-9-11-24(12-10-22)28(36)33-14-16-34(17-15-33)30(38)41-25-13-18-39-26(20-35)27(25)40-21-23-7-5-4-6-8-23/h4-8,22,24-27,35H,9-21H2,1-3H3,(H,32,37)/t22?,24?,25?,26?,27-/m0/s1. The molecular weight excluding hydrogens is 542 g/mol. The molecule has 3 fully saturated rings. The molecule has 2 N–H and O–H groups in total. The van der Waals surface area contributed by atoms with Crippen LogP contribution in [0, 0.1) is 11.8 Å². The maximum atomic E-state index is 13.2. The second-order valence-corrected chi connectivity index (χ2v) is 12.5. The van der Waals surface area contributed by atoms with Gasteiger partial charge in [0.25, 0.3) is 0 Å². The Morgan fingerprint density at radius 2 is 1.64 bits per heavy atom. The molecule has 3 atom stereocenters. The lowest BCUT2D eigenvalue weighted by Gasteiger charge is -2.40. The molecule has 0 bridgehead atoms. The number of piperazine rings is 1. The van der Waals surface area contributed by atoms with Crippen LogP contribution in [0.2, 0.25) is 0 Å². The zero-order chi connectivity index (χ0) is 30.1. The van der Waals surface area contributed by atoms with Crippen molar-refractivity contribution < 1.29 is 38.4 Å². The van der Waals surface area contributed by atoms with Crippen LogP contribution >= 0.6 is 0 Å². The van der Waals surface area contributed by atoms with Crippen LogP contribution in [0.4, 0.5) is 9.59 Å². The van der Waals surface area contributed by atoms with E-state index < -0.39 is 36.1 Å². The van der Waals surface area contributed by atoms with E-state index in [2.05, 4.69) is 5.32 Å². The summed E-state index contributed by atoms with van der Waals surface area (Å²) in [6, 6.07) is 9.70. The Labute approximate surface area is 248 Å². The Kier molecular flexibility index (Phi) is 11.5. The summed E-state index contributed by atoms with van der Waals surface area (Å²) in [6.45, 7) is 8.28. The molecule has 11 nitrogen and oxygen atoms in total. The van der Waals surface area contributed by atoms with Crippen molar-refractivity contribution in [2.24, 2.45) is 11.8 Å². The van der Waals surface area contributed by atoms with E-state index in [9.17, 15) is 19.5 Å². The summed E-state index contributed by atoms with van der Waals surface area (Å²) in [6.07, 6.45) is 1.31. The van der Waals surface area contributed by atoms with Gasteiger partial charge in [0.2, 0.25) is 5.91 Å². The molecule has 2 unspecified atom stereocenters. The zero-order valence-corrected chi connectivity index (χ0v) is 25.2. The number of amides is 3. The Bertz CT molecular complexity index is 1020. The van der Waals surface area contributed by atoms with Crippen molar-refractivity contribution >= 4 is 18.1 Å². The fourth-order valence-corrected chi connectivity index (χ4v) is 5.83. The van der Waals surface area contributed by atoms with Gasteiger partial charge < -0.3 is 39.2 Å². The minimum Gasteiger partial charge on any atom is -0.444 e.